The van der Waals surface area contributed by atoms with Gasteiger partial charge in [0.25, 0.3) is 5.91 Å². The molecule has 7 heteroatoms. The number of nitrogens with one attached hydrogen (secondary N) is 1. The minimum Gasteiger partial charge on any atom is -0.493 e. The zero-order valence-corrected chi connectivity index (χ0v) is 14.2. The fraction of sp³-hybridized carbons (Fsp3) is 0.529. The van der Waals surface area contributed by atoms with Crippen molar-refractivity contribution in [1.82, 2.24) is 10.2 Å². The van der Waals surface area contributed by atoms with Gasteiger partial charge in [-0.25, -0.2) is 0 Å². The Morgan fingerprint density at radius 2 is 2.17 bits per heavy atom. The van der Waals surface area contributed by atoms with Crippen LogP contribution in [-0.4, -0.2) is 56.6 Å². The Hall–Kier alpha value is -2.28. The van der Waals surface area contributed by atoms with Gasteiger partial charge in [-0.15, -0.1) is 0 Å². The smallest absolute Gasteiger partial charge is 0.254 e. The highest BCUT2D eigenvalue weighted by atomic mass is 16.5. The summed E-state index contributed by atoms with van der Waals surface area (Å²) in [5, 5.41) is 2.81. The fourth-order valence-electron chi connectivity index (χ4n) is 2.75. The van der Waals surface area contributed by atoms with Crippen molar-refractivity contribution in [2.24, 2.45) is 11.7 Å². The van der Waals surface area contributed by atoms with Crippen LogP contribution < -0.4 is 20.5 Å². The summed E-state index contributed by atoms with van der Waals surface area (Å²) in [5.74, 6) is 0.819. The number of methoxy groups -OCH3 is 1. The van der Waals surface area contributed by atoms with Crippen molar-refractivity contribution in [1.29, 1.82) is 0 Å². The number of amides is 2. The molecule has 1 aliphatic rings. The van der Waals surface area contributed by atoms with E-state index in [1.807, 2.05) is 6.92 Å². The molecule has 1 atom stereocenters. The monoisotopic (exact) mass is 335 g/mol. The van der Waals surface area contributed by atoms with E-state index in [-0.39, 0.29) is 17.7 Å². The first-order valence-electron chi connectivity index (χ1n) is 8.18. The first kappa shape index (κ1) is 18.1. The maximum absolute atomic E-state index is 12.6. The highest BCUT2D eigenvalue weighted by molar-refractivity contribution is 5.95. The van der Waals surface area contributed by atoms with Crippen molar-refractivity contribution in [3.8, 4) is 11.5 Å². The number of nitrogens with zero attached hydrogens (tertiary/aromatic N) is 1. The first-order chi connectivity index (χ1) is 11.6. The Bertz CT molecular complexity index is 591. The molecule has 0 aliphatic carbocycles. The minimum absolute atomic E-state index is 0.0101. The number of carbonyl (C=O) groups is 2. The summed E-state index contributed by atoms with van der Waals surface area (Å²) in [6.07, 6.45) is 0.687. The molecule has 1 saturated heterocycles. The number of nitrogens with two attached hydrogens (primary N) is 1. The molecule has 1 aliphatic heterocycles. The third-order valence-electron chi connectivity index (χ3n) is 3.98. The molecular weight excluding hydrogens is 310 g/mol. The van der Waals surface area contributed by atoms with Gasteiger partial charge in [-0.1, -0.05) is 0 Å². The summed E-state index contributed by atoms with van der Waals surface area (Å²) < 4.78 is 10.8. The van der Waals surface area contributed by atoms with Crippen LogP contribution in [0, 0.1) is 5.92 Å². The zero-order chi connectivity index (χ0) is 17.5. The Kier molecular flexibility index (Phi) is 6.43. The van der Waals surface area contributed by atoms with Crippen molar-refractivity contribution in [2.45, 2.75) is 13.3 Å². The summed E-state index contributed by atoms with van der Waals surface area (Å²) in [6, 6.07) is 5.07. The normalized spacial score (nSPS) is 16.8. The van der Waals surface area contributed by atoms with E-state index in [2.05, 4.69) is 5.32 Å². The maximum atomic E-state index is 12.6. The third kappa shape index (κ3) is 4.17. The van der Waals surface area contributed by atoms with E-state index in [0.29, 0.717) is 56.3 Å². The van der Waals surface area contributed by atoms with Gasteiger partial charge in [0.2, 0.25) is 5.91 Å². The molecule has 0 radical (unpaired) electrons. The van der Waals surface area contributed by atoms with Crippen molar-refractivity contribution in [2.75, 3.05) is 39.9 Å². The van der Waals surface area contributed by atoms with Crippen LogP contribution in [0.25, 0.3) is 0 Å². The van der Waals surface area contributed by atoms with Gasteiger partial charge in [-0.3, -0.25) is 9.59 Å². The van der Waals surface area contributed by atoms with Crippen LogP contribution in [0.4, 0.5) is 0 Å². The Balaban J connectivity index is 2.06. The average Bonchev–Trinajstić information content (AvgIpc) is 3.09. The van der Waals surface area contributed by atoms with E-state index in [4.69, 9.17) is 15.2 Å². The average molecular weight is 335 g/mol. The van der Waals surface area contributed by atoms with E-state index in [1.54, 1.807) is 23.1 Å². The van der Waals surface area contributed by atoms with Crippen LogP contribution in [0.5, 0.6) is 11.5 Å². The standard InChI is InChI=1S/C17H25N3O4/c1-3-19-16(21)13-6-8-20(11-13)17(22)12-4-5-14(24-9-7-18)15(10-12)23-2/h4-5,10,13H,3,6-9,11,18H2,1-2H3,(H,19,21). The van der Waals surface area contributed by atoms with Crippen molar-refractivity contribution in [3.63, 3.8) is 0 Å². The van der Waals surface area contributed by atoms with E-state index in [0.717, 1.165) is 0 Å². The van der Waals surface area contributed by atoms with Crippen molar-refractivity contribution in [3.05, 3.63) is 23.8 Å². The molecule has 132 valence electrons. The molecule has 2 amide bonds. The molecule has 1 unspecified atom stereocenters. The van der Waals surface area contributed by atoms with Gasteiger partial charge in [0.15, 0.2) is 11.5 Å². The number of hydrogen-bond donors (Lipinski definition) is 2. The van der Waals surface area contributed by atoms with Crippen LogP contribution in [0.1, 0.15) is 23.7 Å². The Morgan fingerprint density at radius 3 is 2.83 bits per heavy atom. The molecule has 1 aromatic rings. The second kappa shape index (κ2) is 8.54. The lowest BCUT2D eigenvalue weighted by Gasteiger charge is -2.18. The van der Waals surface area contributed by atoms with Gasteiger partial charge in [-0.2, -0.15) is 0 Å². The topological polar surface area (TPSA) is 93.9 Å². The second-order valence-corrected chi connectivity index (χ2v) is 5.63. The van der Waals surface area contributed by atoms with Crippen LogP contribution in [0.15, 0.2) is 18.2 Å². The molecule has 0 saturated carbocycles. The number of hydrogen-bond acceptors (Lipinski definition) is 5. The largest absolute Gasteiger partial charge is 0.493 e. The Morgan fingerprint density at radius 1 is 1.38 bits per heavy atom. The van der Waals surface area contributed by atoms with Crippen LogP contribution in [0.3, 0.4) is 0 Å². The summed E-state index contributed by atoms with van der Waals surface area (Å²) in [5.41, 5.74) is 5.95. The molecular formula is C17H25N3O4. The molecule has 1 aromatic carbocycles. The van der Waals surface area contributed by atoms with Crippen LogP contribution in [-0.2, 0) is 4.79 Å². The predicted molar refractivity (Wildman–Crippen MR) is 90.2 cm³/mol. The second-order valence-electron chi connectivity index (χ2n) is 5.63. The molecule has 2 rings (SSSR count). The fourth-order valence-corrected chi connectivity index (χ4v) is 2.75. The van der Waals surface area contributed by atoms with Gasteiger partial charge in [-0.05, 0) is 31.5 Å². The lowest BCUT2D eigenvalue weighted by Crippen LogP contribution is -2.34. The number of carbonyl (C=O) groups excluding carboxylic acids is 2. The molecule has 3 N–H and O–H groups in total. The number of ether oxygens (including phenoxy) is 2. The lowest BCUT2D eigenvalue weighted by atomic mass is 10.1. The van der Waals surface area contributed by atoms with Gasteiger partial charge in [0.05, 0.1) is 13.0 Å². The summed E-state index contributed by atoms with van der Waals surface area (Å²) in [6.45, 7) is 4.29. The molecule has 7 nitrogen and oxygen atoms in total. The quantitative estimate of drug-likeness (QED) is 0.762. The van der Waals surface area contributed by atoms with E-state index in [1.165, 1.54) is 7.11 Å². The first-order valence-corrected chi connectivity index (χ1v) is 8.18. The van der Waals surface area contributed by atoms with Gasteiger partial charge < -0.3 is 25.4 Å². The van der Waals surface area contributed by atoms with Crippen LogP contribution in [0.2, 0.25) is 0 Å². The van der Waals surface area contributed by atoms with Crippen molar-refractivity contribution >= 4 is 11.8 Å². The highest BCUT2D eigenvalue weighted by Gasteiger charge is 2.31. The molecule has 0 aromatic heterocycles. The van der Waals surface area contributed by atoms with E-state index in [9.17, 15) is 9.59 Å². The zero-order valence-electron chi connectivity index (χ0n) is 14.2. The third-order valence-corrected chi connectivity index (χ3v) is 3.98. The predicted octanol–water partition coefficient (Wildman–Crippen LogP) is 0.631. The minimum atomic E-state index is -0.136. The summed E-state index contributed by atoms with van der Waals surface area (Å²) in [4.78, 5) is 26.2. The summed E-state index contributed by atoms with van der Waals surface area (Å²) >= 11 is 0. The van der Waals surface area contributed by atoms with Crippen molar-refractivity contribution < 1.29 is 19.1 Å². The van der Waals surface area contributed by atoms with Gasteiger partial charge >= 0.3 is 0 Å². The molecule has 0 spiro atoms. The SMILES string of the molecule is CCNC(=O)C1CCN(C(=O)c2ccc(OCCN)c(OC)c2)C1. The highest BCUT2D eigenvalue weighted by Crippen LogP contribution is 2.29. The molecule has 24 heavy (non-hydrogen) atoms. The van der Waals surface area contributed by atoms with Gasteiger partial charge in [0.1, 0.15) is 6.61 Å². The number of benzene rings is 1. The Labute approximate surface area is 142 Å². The number of likely N-dealkylation sites (tertiary alicyclic amines) is 1. The maximum Gasteiger partial charge on any atom is 0.254 e. The lowest BCUT2D eigenvalue weighted by molar-refractivity contribution is -0.124. The van der Waals surface area contributed by atoms with Crippen LogP contribution >= 0.6 is 0 Å². The van der Waals surface area contributed by atoms with Gasteiger partial charge in [0, 0.05) is 31.7 Å². The van der Waals surface area contributed by atoms with E-state index >= 15 is 0 Å². The molecule has 1 heterocycles. The number of rotatable bonds is 7. The molecule has 0 bridgehead atoms. The van der Waals surface area contributed by atoms with E-state index < -0.39 is 0 Å². The molecule has 1 fully saturated rings. The summed E-state index contributed by atoms with van der Waals surface area (Å²) in [7, 11) is 1.53.